The van der Waals surface area contributed by atoms with E-state index in [1.807, 2.05) is 63.2 Å². The molecule has 0 atom stereocenters. The molecule has 0 unspecified atom stereocenters. The Kier molecular flexibility index (Phi) is 4.76. The Morgan fingerprint density at radius 3 is 2.29 bits per heavy atom. The fourth-order valence-corrected chi connectivity index (χ4v) is 1.72. The number of hydrogen-bond acceptors (Lipinski definition) is 3. The second-order valence-corrected chi connectivity index (χ2v) is 5.90. The van der Waals surface area contributed by atoms with Gasteiger partial charge in [0, 0.05) is 0 Å². The number of hydrogen-bond donors (Lipinski definition) is 0. The van der Waals surface area contributed by atoms with Crippen molar-refractivity contribution in [2.24, 2.45) is 5.41 Å². The van der Waals surface area contributed by atoms with E-state index in [4.69, 9.17) is 9.78 Å². The first-order valence-corrected chi connectivity index (χ1v) is 6.83. The minimum absolute atomic E-state index is 0.174. The summed E-state index contributed by atoms with van der Waals surface area (Å²) in [5.41, 5.74) is 2.30. The molecule has 0 spiro atoms. The standard InChI is InChI=1S/C18H19O3/c1-18(2,3)13-20-21-17(19)16-11-7-10-15(12-16)14-8-5-4-6-9-14/h4-13H,1-3H3. The molecule has 0 saturated carbocycles. The highest BCUT2D eigenvalue weighted by Crippen LogP contribution is 2.21. The summed E-state index contributed by atoms with van der Waals surface area (Å²) in [6.45, 7) is 7.36. The van der Waals surface area contributed by atoms with Crippen molar-refractivity contribution in [2.45, 2.75) is 20.8 Å². The average Bonchev–Trinajstić information content (AvgIpc) is 2.47. The van der Waals surface area contributed by atoms with Gasteiger partial charge in [0.1, 0.15) is 6.61 Å². The fraction of sp³-hybridized carbons (Fsp3) is 0.222. The molecule has 109 valence electrons. The van der Waals surface area contributed by atoms with Gasteiger partial charge in [0.2, 0.25) is 0 Å². The van der Waals surface area contributed by atoms with Gasteiger partial charge in [-0.2, -0.15) is 4.89 Å². The zero-order valence-electron chi connectivity index (χ0n) is 12.5. The summed E-state index contributed by atoms with van der Waals surface area (Å²) >= 11 is 0. The molecule has 0 aromatic heterocycles. The number of carbonyl (C=O) groups is 1. The molecule has 0 aliphatic carbocycles. The van der Waals surface area contributed by atoms with Crippen LogP contribution in [0, 0.1) is 12.0 Å². The van der Waals surface area contributed by atoms with Gasteiger partial charge in [-0.3, -0.25) is 4.89 Å². The van der Waals surface area contributed by atoms with Crippen LogP contribution in [0.3, 0.4) is 0 Å². The molecule has 1 radical (unpaired) electrons. The summed E-state index contributed by atoms with van der Waals surface area (Å²) < 4.78 is 0. The molecule has 21 heavy (non-hydrogen) atoms. The highest BCUT2D eigenvalue weighted by molar-refractivity contribution is 5.90. The van der Waals surface area contributed by atoms with Crippen molar-refractivity contribution in [3.05, 3.63) is 66.8 Å². The van der Waals surface area contributed by atoms with E-state index in [2.05, 4.69) is 0 Å². The molecular formula is C18H19O3. The van der Waals surface area contributed by atoms with Gasteiger partial charge in [0.05, 0.1) is 5.56 Å². The van der Waals surface area contributed by atoms with Crippen molar-refractivity contribution in [3.63, 3.8) is 0 Å². The largest absolute Gasteiger partial charge is 0.373 e. The van der Waals surface area contributed by atoms with E-state index in [-0.39, 0.29) is 5.41 Å². The van der Waals surface area contributed by atoms with Crippen LogP contribution in [0.15, 0.2) is 54.6 Å². The van der Waals surface area contributed by atoms with Gasteiger partial charge in [-0.05, 0) is 28.7 Å². The minimum Gasteiger partial charge on any atom is -0.292 e. The lowest BCUT2D eigenvalue weighted by atomic mass is 9.99. The van der Waals surface area contributed by atoms with Crippen LogP contribution in [-0.2, 0) is 9.78 Å². The maximum absolute atomic E-state index is 11.9. The SMILES string of the molecule is CC(C)(C)[CH]OOC(=O)c1cccc(-c2ccccc2)c1. The number of carbonyl (C=O) groups excluding carboxylic acids is 1. The van der Waals surface area contributed by atoms with Crippen LogP contribution in [0.25, 0.3) is 11.1 Å². The van der Waals surface area contributed by atoms with Gasteiger partial charge in [-0.15, -0.1) is 0 Å². The smallest absolute Gasteiger partial charge is 0.292 e. The summed E-state index contributed by atoms with van der Waals surface area (Å²) in [5.74, 6) is -0.506. The monoisotopic (exact) mass is 283 g/mol. The topological polar surface area (TPSA) is 35.5 Å². The zero-order valence-corrected chi connectivity index (χ0v) is 12.5. The number of benzene rings is 2. The normalized spacial score (nSPS) is 11.2. The van der Waals surface area contributed by atoms with Crippen LogP contribution >= 0.6 is 0 Å². The first-order valence-electron chi connectivity index (χ1n) is 6.83. The van der Waals surface area contributed by atoms with Crippen LogP contribution in [0.5, 0.6) is 0 Å². The fourth-order valence-electron chi connectivity index (χ4n) is 1.72. The molecule has 0 aliphatic rings. The van der Waals surface area contributed by atoms with Crippen molar-refractivity contribution in [2.75, 3.05) is 0 Å². The van der Waals surface area contributed by atoms with Crippen LogP contribution in [0.1, 0.15) is 31.1 Å². The Morgan fingerprint density at radius 2 is 1.62 bits per heavy atom. The molecular weight excluding hydrogens is 264 g/mol. The summed E-state index contributed by atoms with van der Waals surface area (Å²) in [6.07, 6.45) is 0. The zero-order chi connectivity index (χ0) is 15.3. The molecule has 0 amide bonds. The van der Waals surface area contributed by atoms with E-state index in [9.17, 15) is 4.79 Å². The average molecular weight is 283 g/mol. The van der Waals surface area contributed by atoms with E-state index in [1.165, 1.54) is 6.61 Å². The van der Waals surface area contributed by atoms with E-state index < -0.39 is 5.97 Å². The van der Waals surface area contributed by atoms with Crippen molar-refractivity contribution in [1.82, 2.24) is 0 Å². The summed E-state index contributed by atoms with van der Waals surface area (Å²) in [5, 5.41) is 0. The third-order valence-electron chi connectivity index (χ3n) is 2.73. The van der Waals surface area contributed by atoms with E-state index in [0.29, 0.717) is 5.56 Å². The third kappa shape index (κ3) is 4.72. The molecule has 0 N–H and O–H groups in total. The highest BCUT2D eigenvalue weighted by Gasteiger charge is 2.15. The van der Waals surface area contributed by atoms with Crippen LogP contribution in [-0.4, -0.2) is 5.97 Å². The first-order chi connectivity index (χ1) is 9.96. The lowest BCUT2D eigenvalue weighted by Crippen LogP contribution is -2.12. The van der Waals surface area contributed by atoms with Gasteiger partial charge in [-0.1, -0.05) is 63.2 Å². The minimum atomic E-state index is -0.506. The summed E-state index contributed by atoms with van der Waals surface area (Å²) in [6, 6.07) is 17.1. The van der Waals surface area contributed by atoms with Crippen molar-refractivity contribution in [1.29, 1.82) is 0 Å². The third-order valence-corrected chi connectivity index (χ3v) is 2.73. The Balaban J connectivity index is 2.06. The Morgan fingerprint density at radius 1 is 0.952 bits per heavy atom. The van der Waals surface area contributed by atoms with Gasteiger partial charge in [0.25, 0.3) is 0 Å². The molecule has 0 bridgehead atoms. The quantitative estimate of drug-likeness (QED) is 0.605. The predicted molar refractivity (Wildman–Crippen MR) is 82.1 cm³/mol. The van der Waals surface area contributed by atoms with Crippen LogP contribution in [0.4, 0.5) is 0 Å². The Labute approximate surface area is 125 Å². The number of rotatable bonds is 4. The molecule has 0 saturated heterocycles. The Hall–Kier alpha value is -2.13. The Bertz CT molecular complexity index is 597. The van der Waals surface area contributed by atoms with E-state index in [0.717, 1.165) is 11.1 Å². The molecule has 0 fully saturated rings. The van der Waals surface area contributed by atoms with Crippen LogP contribution < -0.4 is 0 Å². The molecule has 0 aliphatic heterocycles. The van der Waals surface area contributed by atoms with Gasteiger partial charge < -0.3 is 0 Å². The maximum atomic E-state index is 11.9. The molecule has 3 heteroatoms. The second kappa shape index (κ2) is 6.55. The lowest BCUT2D eigenvalue weighted by Gasteiger charge is -2.15. The first kappa shape index (κ1) is 15.3. The van der Waals surface area contributed by atoms with E-state index >= 15 is 0 Å². The van der Waals surface area contributed by atoms with Crippen molar-refractivity contribution in [3.8, 4) is 11.1 Å². The van der Waals surface area contributed by atoms with Gasteiger partial charge >= 0.3 is 5.97 Å². The van der Waals surface area contributed by atoms with Crippen LogP contribution in [0.2, 0.25) is 0 Å². The van der Waals surface area contributed by atoms with Gasteiger partial charge in [0.15, 0.2) is 0 Å². The lowest BCUT2D eigenvalue weighted by molar-refractivity contribution is -0.224. The maximum Gasteiger partial charge on any atom is 0.373 e. The summed E-state index contributed by atoms with van der Waals surface area (Å²) in [7, 11) is 0. The van der Waals surface area contributed by atoms with Crippen molar-refractivity contribution >= 4 is 5.97 Å². The molecule has 2 aromatic carbocycles. The summed E-state index contributed by atoms with van der Waals surface area (Å²) in [4.78, 5) is 21.6. The van der Waals surface area contributed by atoms with Crippen molar-refractivity contribution < 1.29 is 14.6 Å². The van der Waals surface area contributed by atoms with Gasteiger partial charge in [-0.25, -0.2) is 4.79 Å². The van der Waals surface area contributed by atoms with E-state index in [1.54, 1.807) is 12.1 Å². The molecule has 3 nitrogen and oxygen atoms in total. The molecule has 0 heterocycles. The predicted octanol–water partition coefficient (Wildman–Crippen LogP) is 4.65. The molecule has 2 rings (SSSR count). The molecule has 2 aromatic rings. The second-order valence-electron chi connectivity index (χ2n) is 5.90. The highest BCUT2D eigenvalue weighted by atomic mass is 17.2.